The first kappa shape index (κ1) is 17.1. The fourth-order valence-corrected chi connectivity index (χ4v) is 3.71. The van der Waals surface area contributed by atoms with Crippen molar-refractivity contribution < 1.29 is 9.47 Å². The van der Waals surface area contributed by atoms with Gasteiger partial charge >= 0.3 is 0 Å². The van der Waals surface area contributed by atoms with E-state index in [1.54, 1.807) is 7.11 Å². The van der Waals surface area contributed by atoms with Crippen LogP contribution in [0.1, 0.15) is 30.9 Å². The monoisotopic (exact) mass is 331 g/mol. The standard InChI is InChI=1S/C19H29N3O2/c1-4-20-18(22-7-5-19(13-22)6-8-24-14-19)21-12-16-9-15(2)10-17(11-16)23-3/h9-11H,4-8,12-14H2,1-3H3,(H,20,21). The van der Waals surface area contributed by atoms with Crippen molar-refractivity contribution in [1.82, 2.24) is 10.2 Å². The molecule has 1 aromatic rings. The van der Waals surface area contributed by atoms with Crippen molar-refractivity contribution in [2.24, 2.45) is 10.4 Å². The molecule has 132 valence electrons. The molecule has 0 radical (unpaired) electrons. The number of benzene rings is 1. The Bertz CT molecular complexity index is 594. The number of nitrogens with one attached hydrogen (secondary N) is 1. The number of nitrogens with zero attached hydrogens (tertiary/aromatic N) is 2. The summed E-state index contributed by atoms with van der Waals surface area (Å²) in [6.07, 6.45) is 2.38. The minimum Gasteiger partial charge on any atom is -0.497 e. The number of methoxy groups -OCH3 is 1. The third-order valence-corrected chi connectivity index (χ3v) is 5.02. The van der Waals surface area contributed by atoms with Crippen LogP contribution >= 0.6 is 0 Å². The van der Waals surface area contributed by atoms with Crippen LogP contribution < -0.4 is 10.1 Å². The predicted molar refractivity (Wildman–Crippen MR) is 96.6 cm³/mol. The van der Waals surface area contributed by atoms with Crippen molar-refractivity contribution in [3.63, 3.8) is 0 Å². The number of aliphatic imine (C=N–C) groups is 1. The quantitative estimate of drug-likeness (QED) is 0.680. The van der Waals surface area contributed by atoms with Gasteiger partial charge in [-0.1, -0.05) is 6.07 Å². The predicted octanol–water partition coefficient (Wildman–Crippen LogP) is 2.58. The SMILES string of the molecule is CCNC(=NCc1cc(C)cc(OC)c1)N1CCC2(CCOC2)C1. The van der Waals surface area contributed by atoms with Gasteiger partial charge in [-0.3, -0.25) is 0 Å². The van der Waals surface area contributed by atoms with Crippen LogP contribution in [0.3, 0.4) is 0 Å². The van der Waals surface area contributed by atoms with E-state index in [4.69, 9.17) is 14.5 Å². The van der Waals surface area contributed by atoms with Crippen LogP contribution in [0.5, 0.6) is 5.75 Å². The molecule has 1 aromatic carbocycles. The lowest BCUT2D eigenvalue weighted by molar-refractivity contribution is 0.156. The maximum absolute atomic E-state index is 5.64. The Labute approximate surface area is 145 Å². The summed E-state index contributed by atoms with van der Waals surface area (Å²) in [7, 11) is 1.71. The third kappa shape index (κ3) is 3.83. The maximum Gasteiger partial charge on any atom is 0.194 e. The number of hydrogen-bond donors (Lipinski definition) is 1. The Balaban J connectivity index is 1.71. The molecule has 0 aromatic heterocycles. The fourth-order valence-electron chi connectivity index (χ4n) is 3.71. The van der Waals surface area contributed by atoms with Crippen molar-refractivity contribution in [2.75, 3.05) is 40.0 Å². The molecule has 3 rings (SSSR count). The Kier molecular flexibility index (Phi) is 5.29. The first-order valence-corrected chi connectivity index (χ1v) is 8.90. The van der Waals surface area contributed by atoms with Crippen LogP contribution in [0.2, 0.25) is 0 Å². The molecule has 1 spiro atoms. The zero-order chi connectivity index (χ0) is 17.0. The molecule has 2 saturated heterocycles. The molecule has 2 aliphatic rings. The van der Waals surface area contributed by atoms with Crippen LogP contribution in [-0.2, 0) is 11.3 Å². The molecule has 0 amide bonds. The molecular formula is C19H29N3O2. The van der Waals surface area contributed by atoms with Gasteiger partial charge in [0.25, 0.3) is 0 Å². The number of likely N-dealkylation sites (tertiary alicyclic amines) is 1. The largest absolute Gasteiger partial charge is 0.497 e. The first-order chi connectivity index (χ1) is 11.6. The summed E-state index contributed by atoms with van der Waals surface area (Å²) in [6.45, 7) is 9.68. The Morgan fingerprint density at radius 3 is 2.96 bits per heavy atom. The van der Waals surface area contributed by atoms with Crippen LogP contribution in [-0.4, -0.2) is 50.8 Å². The van der Waals surface area contributed by atoms with E-state index in [1.807, 2.05) is 6.07 Å². The summed E-state index contributed by atoms with van der Waals surface area (Å²) >= 11 is 0. The van der Waals surface area contributed by atoms with E-state index in [9.17, 15) is 0 Å². The van der Waals surface area contributed by atoms with E-state index in [-0.39, 0.29) is 0 Å². The molecule has 2 fully saturated rings. The molecule has 0 aliphatic carbocycles. The molecule has 24 heavy (non-hydrogen) atoms. The van der Waals surface area contributed by atoms with Crippen LogP contribution in [0.15, 0.2) is 23.2 Å². The summed E-state index contributed by atoms with van der Waals surface area (Å²) in [5, 5.41) is 3.45. The van der Waals surface area contributed by atoms with E-state index >= 15 is 0 Å². The first-order valence-electron chi connectivity index (χ1n) is 8.90. The van der Waals surface area contributed by atoms with Gasteiger partial charge in [0.1, 0.15) is 5.75 Å². The summed E-state index contributed by atoms with van der Waals surface area (Å²) in [5.74, 6) is 1.91. The second-order valence-corrected chi connectivity index (χ2v) is 7.00. The van der Waals surface area contributed by atoms with Crippen molar-refractivity contribution in [3.05, 3.63) is 29.3 Å². The molecule has 0 saturated carbocycles. The molecule has 0 bridgehead atoms. The molecule has 1 N–H and O–H groups in total. The van der Waals surface area contributed by atoms with Gasteiger partial charge in [-0.25, -0.2) is 4.99 Å². The average molecular weight is 331 g/mol. The molecule has 5 heteroatoms. The van der Waals surface area contributed by atoms with Gasteiger partial charge < -0.3 is 19.7 Å². The number of ether oxygens (including phenoxy) is 2. The summed E-state index contributed by atoms with van der Waals surface area (Å²) in [4.78, 5) is 7.27. The van der Waals surface area contributed by atoms with Gasteiger partial charge in [0.2, 0.25) is 0 Å². The topological polar surface area (TPSA) is 46.1 Å². The molecule has 5 nitrogen and oxygen atoms in total. The molecule has 2 heterocycles. The lowest BCUT2D eigenvalue weighted by atomic mass is 9.87. The van der Waals surface area contributed by atoms with Crippen LogP contribution in [0.4, 0.5) is 0 Å². The Hall–Kier alpha value is -1.75. The van der Waals surface area contributed by atoms with Gasteiger partial charge in [0.05, 0.1) is 20.3 Å². The lowest BCUT2D eigenvalue weighted by Crippen LogP contribution is -2.41. The lowest BCUT2D eigenvalue weighted by Gasteiger charge is -2.25. The fraction of sp³-hybridized carbons (Fsp3) is 0.632. The summed E-state index contributed by atoms with van der Waals surface area (Å²) < 4.78 is 11.0. The number of rotatable bonds is 4. The highest BCUT2D eigenvalue weighted by Crippen LogP contribution is 2.38. The number of aryl methyl sites for hydroxylation is 1. The summed E-state index contributed by atoms with van der Waals surface area (Å²) in [5.41, 5.74) is 2.73. The van der Waals surface area contributed by atoms with Gasteiger partial charge in [-0.05, 0) is 49.9 Å². The van der Waals surface area contributed by atoms with Gasteiger partial charge in [0.15, 0.2) is 5.96 Å². The molecule has 1 atom stereocenters. The van der Waals surface area contributed by atoms with Crippen LogP contribution in [0.25, 0.3) is 0 Å². The van der Waals surface area contributed by atoms with E-state index in [1.165, 1.54) is 24.0 Å². The minimum atomic E-state index is 0.350. The third-order valence-electron chi connectivity index (χ3n) is 5.02. The zero-order valence-electron chi connectivity index (χ0n) is 15.1. The second-order valence-electron chi connectivity index (χ2n) is 7.00. The number of hydrogen-bond acceptors (Lipinski definition) is 3. The normalized spacial score (nSPS) is 24.0. The number of guanidine groups is 1. The van der Waals surface area contributed by atoms with E-state index < -0.39 is 0 Å². The smallest absolute Gasteiger partial charge is 0.194 e. The van der Waals surface area contributed by atoms with E-state index in [0.29, 0.717) is 12.0 Å². The van der Waals surface area contributed by atoms with E-state index in [0.717, 1.165) is 44.6 Å². The van der Waals surface area contributed by atoms with Gasteiger partial charge in [-0.15, -0.1) is 0 Å². The maximum atomic E-state index is 5.64. The molecule has 1 unspecified atom stereocenters. The van der Waals surface area contributed by atoms with Crippen molar-refractivity contribution in [3.8, 4) is 5.75 Å². The zero-order valence-corrected chi connectivity index (χ0v) is 15.1. The second kappa shape index (κ2) is 7.43. The van der Waals surface area contributed by atoms with Crippen LogP contribution in [0, 0.1) is 12.3 Å². The van der Waals surface area contributed by atoms with E-state index in [2.05, 4.69) is 36.2 Å². The minimum absolute atomic E-state index is 0.350. The highest BCUT2D eigenvalue weighted by molar-refractivity contribution is 5.80. The average Bonchev–Trinajstić information content (AvgIpc) is 3.21. The Morgan fingerprint density at radius 2 is 2.25 bits per heavy atom. The highest BCUT2D eigenvalue weighted by Gasteiger charge is 2.42. The van der Waals surface area contributed by atoms with Gasteiger partial charge in [0, 0.05) is 31.7 Å². The Morgan fingerprint density at radius 1 is 1.38 bits per heavy atom. The van der Waals surface area contributed by atoms with Crippen molar-refractivity contribution in [1.29, 1.82) is 0 Å². The molecular weight excluding hydrogens is 302 g/mol. The van der Waals surface area contributed by atoms with Crippen molar-refractivity contribution in [2.45, 2.75) is 33.2 Å². The van der Waals surface area contributed by atoms with Gasteiger partial charge in [-0.2, -0.15) is 0 Å². The molecule has 2 aliphatic heterocycles. The summed E-state index contributed by atoms with van der Waals surface area (Å²) in [6, 6.07) is 6.28. The highest BCUT2D eigenvalue weighted by atomic mass is 16.5. The van der Waals surface area contributed by atoms with Crippen molar-refractivity contribution >= 4 is 5.96 Å².